The minimum atomic E-state index is -3.41. The van der Waals surface area contributed by atoms with Crippen LogP contribution in [-0.4, -0.2) is 33.7 Å². The summed E-state index contributed by atoms with van der Waals surface area (Å²) in [5.74, 6) is 0.611. The van der Waals surface area contributed by atoms with Crippen molar-refractivity contribution in [2.75, 3.05) is 23.7 Å². The zero-order valence-corrected chi connectivity index (χ0v) is 17.4. The molecular weight excluding hydrogens is 372 g/mol. The highest BCUT2D eigenvalue weighted by atomic mass is 32.2. The Balaban J connectivity index is 1.56. The van der Waals surface area contributed by atoms with E-state index >= 15 is 0 Å². The average Bonchev–Trinajstić information content (AvgIpc) is 2.69. The third-order valence-electron chi connectivity index (χ3n) is 5.50. The quantitative estimate of drug-likeness (QED) is 0.723. The number of sulfonamides is 1. The van der Waals surface area contributed by atoms with Crippen LogP contribution in [0.15, 0.2) is 42.5 Å². The van der Waals surface area contributed by atoms with Gasteiger partial charge in [-0.3, -0.25) is 9.10 Å². The van der Waals surface area contributed by atoms with Crippen LogP contribution < -0.4 is 9.62 Å². The van der Waals surface area contributed by atoms with E-state index in [4.69, 9.17) is 0 Å². The monoisotopic (exact) mass is 402 g/mol. The molecule has 0 atom stereocenters. The summed E-state index contributed by atoms with van der Waals surface area (Å²) in [5.41, 5.74) is 0.642. The van der Waals surface area contributed by atoms with Crippen molar-refractivity contribution < 1.29 is 13.2 Å². The molecule has 1 fully saturated rings. The van der Waals surface area contributed by atoms with E-state index in [9.17, 15) is 13.2 Å². The summed E-state index contributed by atoms with van der Waals surface area (Å²) in [6, 6.07) is 13.5. The fourth-order valence-electron chi connectivity index (χ4n) is 3.94. The minimum absolute atomic E-state index is 0.0116. The predicted molar refractivity (Wildman–Crippen MR) is 115 cm³/mol. The standard InChI is InChI=1S/C22H30N2O3S/c1-28(26,27)24(21-14-13-19-10-5-6-11-20(19)16-21)15-7-12-22(25)23-17-18-8-3-2-4-9-18/h5-6,10-11,13-14,16,18H,2-4,7-9,12,15,17H2,1H3,(H,23,25). The van der Waals surface area contributed by atoms with Crippen LogP contribution in [0.5, 0.6) is 0 Å². The van der Waals surface area contributed by atoms with Gasteiger partial charge in [-0.15, -0.1) is 0 Å². The van der Waals surface area contributed by atoms with Crippen LogP contribution in [0.2, 0.25) is 0 Å². The number of rotatable bonds is 8. The van der Waals surface area contributed by atoms with Gasteiger partial charge in [0.1, 0.15) is 0 Å². The lowest BCUT2D eigenvalue weighted by Gasteiger charge is -2.23. The molecule has 0 spiro atoms. The fraction of sp³-hybridized carbons (Fsp3) is 0.500. The van der Waals surface area contributed by atoms with Crippen LogP contribution in [0.1, 0.15) is 44.9 Å². The van der Waals surface area contributed by atoms with E-state index in [0.717, 1.165) is 17.3 Å². The largest absolute Gasteiger partial charge is 0.356 e. The highest BCUT2D eigenvalue weighted by molar-refractivity contribution is 7.92. The number of fused-ring (bicyclic) bond motifs is 1. The number of carbonyl (C=O) groups excluding carboxylic acids is 1. The van der Waals surface area contributed by atoms with E-state index in [1.54, 1.807) is 0 Å². The van der Waals surface area contributed by atoms with Gasteiger partial charge >= 0.3 is 0 Å². The van der Waals surface area contributed by atoms with E-state index < -0.39 is 10.0 Å². The van der Waals surface area contributed by atoms with Crippen molar-refractivity contribution >= 4 is 32.4 Å². The zero-order valence-electron chi connectivity index (χ0n) is 16.6. The Morgan fingerprint density at radius 3 is 2.50 bits per heavy atom. The van der Waals surface area contributed by atoms with Gasteiger partial charge in [0.05, 0.1) is 11.9 Å². The molecule has 2 aromatic rings. The maximum absolute atomic E-state index is 12.3. The Bertz CT molecular complexity index is 905. The molecule has 0 bridgehead atoms. The molecule has 0 saturated heterocycles. The Morgan fingerprint density at radius 1 is 1.07 bits per heavy atom. The van der Waals surface area contributed by atoms with E-state index in [-0.39, 0.29) is 5.91 Å². The lowest BCUT2D eigenvalue weighted by Crippen LogP contribution is -2.33. The summed E-state index contributed by atoms with van der Waals surface area (Å²) in [7, 11) is -3.41. The molecule has 0 heterocycles. The molecule has 1 aliphatic carbocycles. The summed E-state index contributed by atoms with van der Waals surface area (Å²) >= 11 is 0. The molecule has 1 aliphatic rings. The van der Waals surface area contributed by atoms with Crippen LogP contribution in [0, 0.1) is 5.92 Å². The van der Waals surface area contributed by atoms with E-state index in [1.807, 2.05) is 42.5 Å². The smallest absolute Gasteiger partial charge is 0.232 e. The molecular formula is C22H30N2O3S. The molecule has 1 N–H and O–H groups in total. The average molecular weight is 403 g/mol. The number of hydrogen-bond donors (Lipinski definition) is 1. The number of anilines is 1. The molecule has 3 rings (SSSR count). The maximum Gasteiger partial charge on any atom is 0.232 e. The van der Waals surface area contributed by atoms with Crippen molar-refractivity contribution in [2.45, 2.75) is 44.9 Å². The number of benzene rings is 2. The summed E-state index contributed by atoms with van der Waals surface area (Å²) in [5, 5.41) is 5.09. The van der Waals surface area contributed by atoms with Crippen molar-refractivity contribution in [1.82, 2.24) is 5.32 Å². The Kier molecular flexibility index (Phi) is 6.94. The molecule has 1 amide bonds. The van der Waals surface area contributed by atoms with Gasteiger partial charge in [0, 0.05) is 19.5 Å². The fourth-order valence-corrected chi connectivity index (χ4v) is 4.90. The molecule has 0 radical (unpaired) electrons. The molecule has 2 aromatic carbocycles. The van der Waals surface area contributed by atoms with Gasteiger partial charge in [-0.2, -0.15) is 0 Å². The summed E-state index contributed by atoms with van der Waals surface area (Å²) in [6.45, 7) is 1.05. The molecule has 0 aromatic heterocycles. The third kappa shape index (κ3) is 5.71. The van der Waals surface area contributed by atoms with Crippen LogP contribution in [0.4, 0.5) is 5.69 Å². The predicted octanol–water partition coefficient (Wildman–Crippen LogP) is 4.08. The number of carbonyl (C=O) groups is 1. The van der Waals surface area contributed by atoms with Crippen molar-refractivity contribution in [3.8, 4) is 0 Å². The summed E-state index contributed by atoms with van der Waals surface area (Å²) in [4.78, 5) is 12.1. The number of amides is 1. The second-order valence-corrected chi connectivity index (χ2v) is 9.69. The molecule has 152 valence electrons. The molecule has 0 unspecified atom stereocenters. The van der Waals surface area contributed by atoms with Gasteiger partial charge in [0.2, 0.25) is 15.9 Å². The molecule has 6 heteroatoms. The summed E-state index contributed by atoms with van der Waals surface area (Å²) in [6.07, 6.45) is 8.27. The number of nitrogens with zero attached hydrogens (tertiary/aromatic N) is 1. The lowest BCUT2D eigenvalue weighted by molar-refractivity contribution is -0.121. The van der Waals surface area contributed by atoms with Gasteiger partial charge in [0.25, 0.3) is 0 Å². The van der Waals surface area contributed by atoms with Gasteiger partial charge in [0.15, 0.2) is 0 Å². The van der Waals surface area contributed by atoms with E-state index in [2.05, 4.69) is 5.32 Å². The van der Waals surface area contributed by atoms with Gasteiger partial charge in [-0.1, -0.05) is 49.6 Å². The Hall–Kier alpha value is -2.08. The number of nitrogens with one attached hydrogen (secondary N) is 1. The SMILES string of the molecule is CS(=O)(=O)N(CCCC(=O)NCC1CCCCC1)c1ccc2ccccc2c1. The van der Waals surface area contributed by atoms with Gasteiger partial charge in [-0.25, -0.2) is 8.42 Å². The minimum Gasteiger partial charge on any atom is -0.356 e. The van der Waals surface area contributed by atoms with Crippen LogP contribution in [0.3, 0.4) is 0 Å². The van der Waals surface area contributed by atoms with Gasteiger partial charge < -0.3 is 5.32 Å². The number of hydrogen-bond acceptors (Lipinski definition) is 3. The molecule has 5 nitrogen and oxygen atoms in total. The zero-order chi connectivity index (χ0) is 20.0. The second kappa shape index (κ2) is 9.41. The first-order valence-electron chi connectivity index (χ1n) is 10.2. The molecule has 28 heavy (non-hydrogen) atoms. The third-order valence-corrected chi connectivity index (χ3v) is 6.69. The Labute approximate surface area is 168 Å². The van der Waals surface area contributed by atoms with E-state index in [1.165, 1.54) is 42.7 Å². The van der Waals surface area contributed by atoms with Crippen molar-refractivity contribution in [3.05, 3.63) is 42.5 Å². The van der Waals surface area contributed by atoms with Crippen molar-refractivity contribution in [3.63, 3.8) is 0 Å². The van der Waals surface area contributed by atoms with Crippen molar-refractivity contribution in [2.24, 2.45) is 5.92 Å². The van der Waals surface area contributed by atoms with Crippen LogP contribution in [-0.2, 0) is 14.8 Å². The van der Waals surface area contributed by atoms with Crippen LogP contribution in [0.25, 0.3) is 10.8 Å². The Morgan fingerprint density at radius 2 is 1.79 bits per heavy atom. The second-order valence-electron chi connectivity index (χ2n) is 7.78. The highest BCUT2D eigenvalue weighted by Crippen LogP contribution is 2.25. The van der Waals surface area contributed by atoms with Crippen molar-refractivity contribution in [1.29, 1.82) is 0 Å². The van der Waals surface area contributed by atoms with Gasteiger partial charge in [-0.05, 0) is 48.1 Å². The molecule has 0 aliphatic heterocycles. The normalized spacial score (nSPS) is 15.5. The van der Waals surface area contributed by atoms with E-state index in [0.29, 0.717) is 31.0 Å². The maximum atomic E-state index is 12.3. The summed E-state index contributed by atoms with van der Waals surface area (Å²) < 4.78 is 26.0. The first-order chi connectivity index (χ1) is 13.4. The highest BCUT2D eigenvalue weighted by Gasteiger charge is 2.18. The lowest BCUT2D eigenvalue weighted by atomic mass is 9.89. The first-order valence-corrected chi connectivity index (χ1v) is 12.0. The first kappa shape index (κ1) is 20.6. The van der Waals surface area contributed by atoms with Crippen LogP contribution >= 0.6 is 0 Å². The topological polar surface area (TPSA) is 66.5 Å². The molecule has 1 saturated carbocycles.